The van der Waals surface area contributed by atoms with Gasteiger partial charge in [-0.3, -0.25) is 9.78 Å². The van der Waals surface area contributed by atoms with Gasteiger partial charge >= 0.3 is 0 Å². The normalized spacial score (nSPS) is 14.6. The third-order valence-electron chi connectivity index (χ3n) is 5.51. The molecular weight excluding hydrogens is 364 g/mol. The molecule has 1 N–H and O–H groups in total. The number of aromatic nitrogens is 4. The Labute approximate surface area is 168 Å². The standard InChI is InChI=1S/C22H22N6O/c29-21(27-10-12-28(13-11-27)22-23-8-3-9-24-22)7-6-16-14-18-17-4-1-2-5-19(17)26-20(18)15-25-16/h1-5,8-9,14-15,26H,6-7,10-13H2. The molecule has 1 aromatic carbocycles. The van der Waals surface area contributed by atoms with Crippen molar-refractivity contribution in [2.24, 2.45) is 0 Å². The number of fused-ring (bicyclic) bond motifs is 3. The number of benzene rings is 1. The lowest BCUT2D eigenvalue weighted by Gasteiger charge is -2.34. The SMILES string of the molecule is O=C(CCc1cc2c(cn1)[nH]c1ccccc12)N1CCN(c2ncccn2)CC1. The van der Waals surface area contributed by atoms with Crippen LogP contribution in [0.2, 0.25) is 0 Å². The molecule has 1 aliphatic rings. The average molecular weight is 386 g/mol. The fraction of sp³-hybridized carbons (Fsp3) is 0.273. The monoisotopic (exact) mass is 386 g/mol. The minimum Gasteiger partial charge on any atom is -0.353 e. The molecule has 0 radical (unpaired) electrons. The van der Waals surface area contributed by atoms with E-state index in [1.54, 1.807) is 12.4 Å². The van der Waals surface area contributed by atoms with Crippen LogP contribution in [0.3, 0.4) is 0 Å². The van der Waals surface area contributed by atoms with Gasteiger partial charge in [-0.15, -0.1) is 0 Å². The van der Waals surface area contributed by atoms with Gasteiger partial charge in [0.25, 0.3) is 0 Å². The van der Waals surface area contributed by atoms with Crippen LogP contribution in [0.1, 0.15) is 12.1 Å². The summed E-state index contributed by atoms with van der Waals surface area (Å²) in [5.41, 5.74) is 3.09. The van der Waals surface area contributed by atoms with Crippen LogP contribution in [0.5, 0.6) is 0 Å². The van der Waals surface area contributed by atoms with E-state index in [2.05, 4.69) is 43.0 Å². The summed E-state index contributed by atoms with van der Waals surface area (Å²) in [6.45, 7) is 2.92. The van der Waals surface area contributed by atoms with Gasteiger partial charge in [0.15, 0.2) is 0 Å². The number of anilines is 1. The molecule has 0 atom stereocenters. The highest BCUT2D eigenvalue weighted by atomic mass is 16.2. The zero-order chi connectivity index (χ0) is 19.6. The number of aromatic amines is 1. The molecule has 1 fully saturated rings. The fourth-order valence-electron chi connectivity index (χ4n) is 3.93. The zero-order valence-corrected chi connectivity index (χ0v) is 16.1. The molecule has 0 saturated carbocycles. The zero-order valence-electron chi connectivity index (χ0n) is 16.1. The number of para-hydroxylation sites is 1. The lowest BCUT2D eigenvalue weighted by atomic mass is 10.1. The third kappa shape index (κ3) is 3.51. The second-order valence-corrected chi connectivity index (χ2v) is 7.31. The Balaban J connectivity index is 1.21. The summed E-state index contributed by atoms with van der Waals surface area (Å²) >= 11 is 0. The van der Waals surface area contributed by atoms with E-state index in [4.69, 9.17) is 0 Å². The molecule has 4 heterocycles. The molecule has 3 aromatic heterocycles. The van der Waals surface area contributed by atoms with Gasteiger partial charge in [-0.2, -0.15) is 0 Å². The van der Waals surface area contributed by atoms with Crippen molar-refractivity contribution in [1.82, 2.24) is 24.8 Å². The number of hydrogen-bond acceptors (Lipinski definition) is 5. The van der Waals surface area contributed by atoms with Crippen molar-refractivity contribution < 1.29 is 4.79 Å². The largest absolute Gasteiger partial charge is 0.353 e. The van der Waals surface area contributed by atoms with Crippen molar-refractivity contribution in [3.63, 3.8) is 0 Å². The van der Waals surface area contributed by atoms with Crippen LogP contribution in [0.4, 0.5) is 5.95 Å². The van der Waals surface area contributed by atoms with Crippen molar-refractivity contribution in [1.29, 1.82) is 0 Å². The van der Waals surface area contributed by atoms with Gasteiger partial charge in [-0.1, -0.05) is 18.2 Å². The molecule has 4 aromatic rings. The molecule has 7 nitrogen and oxygen atoms in total. The van der Waals surface area contributed by atoms with Crippen LogP contribution >= 0.6 is 0 Å². The Morgan fingerprint density at radius 3 is 2.55 bits per heavy atom. The van der Waals surface area contributed by atoms with Crippen LogP contribution in [0, 0.1) is 0 Å². The quantitative estimate of drug-likeness (QED) is 0.584. The number of amides is 1. The second-order valence-electron chi connectivity index (χ2n) is 7.31. The second kappa shape index (κ2) is 7.50. The van der Waals surface area contributed by atoms with Crippen LogP contribution < -0.4 is 4.90 Å². The van der Waals surface area contributed by atoms with Crippen molar-refractivity contribution in [3.8, 4) is 0 Å². The number of H-pyrrole nitrogens is 1. The highest BCUT2D eigenvalue weighted by Crippen LogP contribution is 2.25. The van der Waals surface area contributed by atoms with Crippen molar-refractivity contribution >= 4 is 33.7 Å². The molecule has 0 unspecified atom stereocenters. The molecule has 7 heteroatoms. The van der Waals surface area contributed by atoms with Gasteiger partial charge in [-0.25, -0.2) is 9.97 Å². The number of nitrogens with zero attached hydrogens (tertiary/aromatic N) is 5. The Bertz CT molecular complexity index is 1150. The maximum absolute atomic E-state index is 12.7. The molecule has 0 aliphatic carbocycles. The number of carbonyl (C=O) groups excluding carboxylic acids is 1. The van der Waals surface area contributed by atoms with Gasteiger partial charge in [0.1, 0.15) is 0 Å². The van der Waals surface area contributed by atoms with Crippen LogP contribution in [-0.4, -0.2) is 56.9 Å². The minimum absolute atomic E-state index is 0.180. The minimum atomic E-state index is 0.180. The molecule has 5 rings (SSSR count). The lowest BCUT2D eigenvalue weighted by Crippen LogP contribution is -2.49. The summed E-state index contributed by atoms with van der Waals surface area (Å²) in [5.74, 6) is 0.912. The summed E-state index contributed by atoms with van der Waals surface area (Å²) in [5, 5.41) is 2.35. The Hall–Kier alpha value is -3.48. The first-order valence-electron chi connectivity index (χ1n) is 9.93. The molecule has 0 spiro atoms. The maximum atomic E-state index is 12.7. The van der Waals surface area contributed by atoms with Crippen LogP contribution in [-0.2, 0) is 11.2 Å². The topological polar surface area (TPSA) is 78.0 Å². The number of piperazine rings is 1. The number of aryl methyl sites for hydroxylation is 1. The van der Waals surface area contributed by atoms with E-state index in [-0.39, 0.29) is 5.91 Å². The highest BCUT2D eigenvalue weighted by Gasteiger charge is 2.22. The lowest BCUT2D eigenvalue weighted by molar-refractivity contribution is -0.131. The smallest absolute Gasteiger partial charge is 0.225 e. The number of carbonyl (C=O) groups is 1. The molecule has 29 heavy (non-hydrogen) atoms. The molecule has 1 aliphatic heterocycles. The number of nitrogens with one attached hydrogen (secondary N) is 1. The number of pyridine rings is 1. The van der Waals surface area contributed by atoms with Gasteiger partial charge < -0.3 is 14.8 Å². The van der Waals surface area contributed by atoms with Gasteiger partial charge in [0, 0.05) is 67.0 Å². The van der Waals surface area contributed by atoms with E-state index < -0.39 is 0 Å². The summed E-state index contributed by atoms with van der Waals surface area (Å²) in [6.07, 6.45) is 6.49. The summed E-state index contributed by atoms with van der Waals surface area (Å²) in [6, 6.07) is 12.2. The predicted octanol–water partition coefficient (Wildman–Crippen LogP) is 2.79. The Morgan fingerprint density at radius 1 is 0.931 bits per heavy atom. The third-order valence-corrected chi connectivity index (χ3v) is 5.51. The van der Waals surface area contributed by atoms with Crippen molar-refractivity contribution in [2.75, 3.05) is 31.1 Å². The van der Waals surface area contributed by atoms with E-state index in [9.17, 15) is 4.79 Å². The first-order valence-corrected chi connectivity index (χ1v) is 9.93. The van der Waals surface area contributed by atoms with E-state index in [0.717, 1.165) is 41.2 Å². The van der Waals surface area contributed by atoms with Crippen LogP contribution in [0.25, 0.3) is 21.8 Å². The molecule has 146 valence electrons. The van der Waals surface area contributed by atoms with E-state index >= 15 is 0 Å². The van der Waals surface area contributed by atoms with E-state index in [1.165, 1.54) is 5.39 Å². The van der Waals surface area contributed by atoms with Gasteiger partial charge in [-0.05, 0) is 24.6 Å². The molecule has 1 amide bonds. The van der Waals surface area contributed by atoms with E-state index in [1.807, 2.05) is 29.3 Å². The maximum Gasteiger partial charge on any atom is 0.225 e. The summed E-state index contributed by atoms with van der Waals surface area (Å²) in [4.78, 5) is 33.3. The highest BCUT2D eigenvalue weighted by molar-refractivity contribution is 6.06. The van der Waals surface area contributed by atoms with E-state index in [0.29, 0.717) is 25.9 Å². The fourth-order valence-corrected chi connectivity index (χ4v) is 3.93. The van der Waals surface area contributed by atoms with Gasteiger partial charge in [0.2, 0.25) is 11.9 Å². The van der Waals surface area contributed by atoms with Gasteiger partial charge in [0.05, 0.1) is 11.7 Å². The summed E-state index contributed by atoms with van der Waals surface area (Å²) in [7, 11) is 0. The predicted molar refractivity (Wildman–Crippen MR) is 113 cm³/mol. The van der Waals surface area contributed by atoms with Crippen molar-refractivity contribution in [2.45, 2.75) is 12.8 Å². The number of rotatable bonds is 4. The first kappa shape index (κ1) is 17.6. The molecule has 1 saturated heterocycles. The number of hydrogen-bond donors (Lipinski definition) is 1. The van der Waals surface area contributed by atoms with Crippen molar-refractivity contribution in [3.05, 3.63) is 60.7 Å². The average Bonchev–Trinajstić information content (AvgIpc) is 3.16. The molecular formula is C22H22N6O. The molecule has 0 bridgehead atoms. The Kier molecular flexibility index (Phi) is 4.56. The summed E-state index contributed by atoms with van der Waals surface area (Å²) < 4.78 is 0. The van der Waals surface area contributed by atoms with Crippen LogP contribution in [0.15, 0.2) is 55.0 Å². The Morgan fingerprint density at radius 2 is 1.72 bits per heavy atom. The first-order chi connectivity index (χ1) is 14.3.